The van der Waals surface area contributed by atoms with Crippen LogP contribution >= 0.6 is 31.9 Å². The lowest BCUT2D eigenvalue weighted by atomic mass is 10.2. The first-order chi connectivity index (χ1) is 9.04. The third-order valence-electron chi connectivity index (χ3n) is 2.93. The van der Waals surface area contributed by atoms with Crippen molar-refractivity contribution in [3.63, 3.8) is 0 Å². The number of aromatic hydroxyl groups is 1. The molecule has 3 aromatic rings. The number of hydrogen-bond donors (Lipinski definition) is 2. The van der Waals surface area contributed by atoms with E-state index >= 15 is 0 Å². The largest absolute Gasteiger partial charge is 0.506 e. The molecule has 3 rings (SSSR count). The second kappa shape index (κ2) is 4.65. The van der Waals surface area contributed by atoms with Crippen LogP contribution in [0.15, 0.2) is 39.3 Å². The zero-order valence-corrected chi connectivity index (χ0v) is 13.2. The minimum atomic E-state index is 0.190. The first kappa shape index (κ1) is 12.7. The lowest BCUT2D eigenvalue weighted by Gasteiger charge is -2.03. The number of phenols is 1. The van der Waals surface area contributed by atoms with Gasteiger partial charge in [0.15, 0.2) is 0 Å². The number of phenolic OH excluding ortho intramolecular Hbond substituents is 1. The monoisotopic (exact) mass is 380 g/mol. The van der Waals surface area contributed by atoms with Crippen LogP contribution in [-0.4, -0.2) is 15.1 Å². The quantitative estimate of drug-likeness (QED) is 0.637. The van der Waals surface area contributed by atoms with E-state index in [2.05, 4.69) is 47.9 Å². The van der Waals surface area contributed by atoms with Crippen LogP contribution in [0.3, 0.4) is 0 Å². The van der Waals surface area contributed by atoms with Crippen LogP contribution in [0.2, 0.25) is 0 Å². The Morgan fingerprint density at radius 1 is 1.11 bits per heavy atom. The van der Waals surface area contributed by atoms with Crippen LogP contribution in [-0.2, 0) is 0 Å². The van der Waals surface area contributed by atoms with Crippen molar-refractivity contribution in [3.8, 4) is 17.1 Å². The zero-order chi connectivity index (χ0) is 13.6. The van der Waals surface area contributed by atoms with Gasteiger partial charge in [0.05, 0.1) is 20.0 Å². The summed E-state index contributed by atoms with van der Waals surface area (Å²) in [5.41, 5.74) is 4.04. The number of nitrogens with one attached hydrogen (secondary N) is 1. The fraction of sp³-hybridized carbons (Fsp3) is 0.0714. The first-order valence-corrected chi connectivity index (χ1v) is 7.28. The molecule has 0 aliphatic carbocycles. The molecule has 0 aliphatic rings. The number of fused-ring (bicyclic) bond motifs is 1. The number of hydrogen-bond acceptors (Lipinski definition) is 2. The molecule has 0 spiro atoms. The summed E-state index contributed by atoms with van der Waals surface area (Å²) in [5.74, 6) is 0.970. The molecule has 0 unspecified atom stereocenters. The maximum absolute atomic E-state index is 9.73. The summed E-state index contributed by atoms with van der Waals surface area (Å²) in [4.78, 5) is 7.85. The summed E-state index contributed by atoms with van der Waals surface area (Å²) in [6, 6.07) is 9.77. The number of imidazole rings is 1. The number of H-pyrrole nitrogens is 1. The second-order valence-electron chi connectivity index (χ2n) is 4.39. The molecule has 96 valence electrons. The van der Waals surface area contributed by atoms with Crippen LogP contribution in [0.25, 0.3) is 22.4 Å². The van der Waals surface area contributed by atoms with E-state index in [0.29, 0.717) is 8.95 Å². The number of aromatic nitrogens is 2. The molecule has 2 N–H and O–H groups in total. The van der Waals surface area contributed by atoms with Crippen LogP contribution in [0, 0.1) is 6.92 Å². The topological polar surface area (TPSA) is 48.9 Å². The average Bonchev–Trinajstić information content (AvgIpc) is 2.78. The van der Waals surface area contributed by atoms with Crippen LogP contribution < -0.4 is 0 Å². The van der Waals surface area contributed by atoms with E-state index in [-0.39, 0.29) is 5.75 Å². The van der Waals surface area contributed by atoms with Gasteiger partial charge in [0.25, 0.3) is 0 Å². The Labute approximate surface area is 126 Å². The molecule has 2 aromatic carbocycles. The number of rotatable bonds is 1. The van der Waals surface area contributed by atoms with E-state index in [1.807, 2.05) is 31.2 Å². The summed E-state index contributed by atoms with van der Waals surface area (Å²) in [6.45, 7) is 2.05. The molecule has 0 radical (unpaired) electrons. The Kier molecular flexibility index (Phi) is 3.11. The van der Waals surface area contributed by atoms with E-state index in [1.54, 1.807) is 0 Å². The maximum Gasteiger partial charge on any atom is 0.143 e. The Morgan fingerprint density at radius 3 is 2.47 bits per heavy atom. The van der Waals surface area contributed by atoms with Crippen molar-refractivity contribution in [1.29, 1.82) is 0 Å². The highest BCUT2D eigenvalue weighted by atomic mass is 79.9. The van der Waals surface area contributed by atoms with Gasteiger partial charge in [0.2, 0.25) is 0 Å². The average molecular weight is 382 g/mol. The van der Waals surface area contributed by atoms with Gasteiger partial charge >= 0.3 is 0 Å². The van der Waals surface area contributed by atoms with Gasteiger partial charge in [-0.05, 0) is 68.6 Å². The van der Waals surface area contributed by atoms with Gasteiger partial charge in [-0.3, -0.25) is 0 Å². The maximum atomic E-state index is 9.73. The van der Waals surface area contributed by atoms with Gasteiger partial charge < -0.3 is 10.1 Å². The highest BCUT2D eigenvalue weighted by Gasteiger charge is 2.10. The van der Waals surface area contributed by atoms with Gasteiger partial charge in [-0.2, -0.15) is 0 Å². The molecule has 0 fully saturated rings. The standard InChI is InChI=1S/C14H10Br2N2O/c1-7-2-3-11-12(4-7)18-14(17-11)8-5-9(15)13(19)10(16)6-8/h2-6,19H,1H3,(H,17,18). The van der Waals surface area contributed by atoms with Crippen molar-refractivity contribution >= 4 is 42.9 Å². The van der Waals surface area contributed by atoms with Crippen LogP contribution in [0.4, 0.5) is 0 Å². The molecule has 0 atom stereocenters. The first-order valence-electron chi connectivity index (χ1n) is 5.69. The molecule has 1 aromatic heterocycles. The molecule has 0 bridgehead atoms. The molecule has 1 heterocycles. The van der Waals surface area contributed by atoms with E-state index in [0.717, 1.165) is 22.4 Å². The number of aromatic amines is 1. The van der Waals surface area contributed by atoms with Crippen molar-refractivity contribution in [2.75, 3.05) is 0 Å². The Balaban J connectivity index is 2.19. The van der Waals surface area contributed by atoms with Gasteiger partial charge in [-0.15, -0.1) is 0 Å². The molecule has 0 saturated heterocycles. The van der Waals surface area contributed by atoms with Gasteiger partial charge in [0.1, 0.15) is 11.6 Å². The highest BCUT2D eigenvalue weighted by molar-refractivity contribution is 9.11. The summed E-state index contributed by atoms with van der Waals surface area (Å²) < 4.78 is 1.27. The van der Waals surface area contributed by atoms with Gasteiger partial charge in [-0.25, -0.2) is 4.98 Å². The smallest absolute Gasteiger partial charge is 0.143 e. The molecule has 19 heavy (non-hydrogen) atoms. The summed E-state index contributed by atoms with van der Waals surface area (Å²) in [6.07, 6.45) is 0. The van der Waals surface area contributed by atoms with Gasteiger partial charge in [0, 0.05) is 5.56 Å². The predicted molar refractivity (Wildman–Crippen MR) is 83.3 cm³/mol. The van der Waals surface area contributed by atoms with Crippen molar-refractivity contribution in [2.24, 2.45) is 0 Å². The molecular formula is C14H10Br2N2O. The number of aryl methyl sites for hydroxylation is 1. The van der Waals surface area contributed by atoms with E-state index in [1.165, 1.54) is 5.56 Å². The SMILES string of the molecule is Cc1ccc2nc(-c3cc(Br)c(O)c(Br)c3)[nH]c2c1. The highest BCUT2D eigenvalue weighted by Crippen LogP contribution is 2.36. The normalized spacial score (nSPS) is 11.1. The minimum absolute atomic E-state index is 0.190. The number of nitrogens with zero attached hydrogens (tertiary/aromatic N) is 1. The fourth-order valence-corrected chi connectivity index (χ4v) is 3.15. The van der Waals surface area contributed by atoms with E-state index in [9.17, 15) is 5.11 Å². The molecule has 0 saturated carbocycles. The van der Waals surface area contributed by atoms with E-state index < -0.39 is 0 Å². The minimum Gasteiger partial charge on any atom is -0.506 e. The Bertz CT molecular complexity index is 757. The Hall–Kier alpha value is -1.33. The zero-order valence-electron chi connectivity index (χ0n) is 10.0. The predicted octanol–water partition coefficient (Wildman–Crippen LogP) is 4.77. The molecule has 3 nitrogen and oxygen atoms in total. The summed E-state index contributed by atoms with van der Waals surface area (Å²) in [5, 5.41) is 9.73. The van der Waals surface area contributed by atoms with E-state index in [4.69, 9.17) is 0 Å². The molecule has 5 heteroatoms. The number of benzene rings is 2. The van der Waals surface area contributed by atoms with Crippen molar-refractivity contribution in [2.45, 2.75) is 6.92 Å². The van der Waals surface area contributed by atoms with Crippen molar-refractivity contribution in [1.82, 2.24) is 9.97 Å². The third kappa shape index (κ3) is 2.28. The Morgan fingerprint density at radius 2 is 1.79 bits per heavy atom. The second-order valence-corrected chi connectivity index (χ2v) is 6.10. The molecular weight excluding hydrogens is 372 g/mol. The van der Waals surface area contributed by atoms with Crippen LogP contribution in [0.5, 0.6) is 5.75 Å². The lowest BCUT2D eigenvalue weighted by Crippen LogP contribution is -1.82. The fourth-order valence-electron chi connectivity index (χ4n) is 1.96. The van der Waals surface area contributed by atoms with Crippen LogP contribution in [0.1, 0.15) is 5.56 Å². The third-order valence-corrected chi connectivity index (χ3v) is 4.14. The number of halogens is 2. The van der Waals surface area contributed by atoms with Crippen molar-refractivity contribution < 1.29 is 5.11 Å². The summed E-state index contributed by atoms with van der Waals surface area (Å²) >= 11 is 6.66. The molecule has 0 amide bonds. The van der Waals surface area contributed by atoms with Gasteiger partial charge in [-0.1, -0.05) is 6.07 Å². The lowest BCUT2D eigenvalue weighted by molar-refractivity contribution is 0.468. The van der Waals surface area contributed by atoms with Crippen molar-refractivity contribution in [3.05, 3.63) is 44.8 Å². The molecule has 0 aliphatic heterocycles. The summed E-state index contributed by atoms with van der Waals surface area (Å²) in [7, 11) is 0.